The summed E-state index contributed by atoms with van der Waals surface area (Å²) in [6.07, 6.45) is 0.812. The summed E-state index contributed by atoms with van der Waals surface area (Å²) in [5, 5.41) is 2.91. The Morgan fingerprint density at radius 1 is 1.37 bits per heavy atom. The highest BCUT2D eigenvalue weighted by atomic mass is 16.7. The van der Waals surface area contributed by atoms with Crippen LogP contribution in [0.4, 0.5) is 5.69 Å². The summed E-state index contributed by atoms with van der Waals surface area (Å²) >= 11 is 0. The van der Waals surface area contributed by atoms with Crippen molar-refractivity contribution < 1.29 is 14.3 Å². The highest BCUT2D eigenvalue weighted by Gasteiger charge is 2.13. The Bertz CT molecular complexity index is 418. The first-order valence-corrected chi connectivity index (χ1v) is 6.70. The van der Waals surface area contributed by atoms with Crippen molar-refractivity contribution in [1.82, 2.24) is 0 Å². The molecule has 0 fully saturated rings. The van der Waals surface area contributed by atoms with Crippen molar-refractivity contribution in [2.45, 2.75) is 34.1 Å². The monoisotopic (exact) mass is 265 g/mol. The third-order valence-electron chi connectivity index (χ3n) is 2.95. The molecule has 0 radical (unpaired) electrons. The number of hydrogen-bond acceptors (Lipinski definition) is 3. The highest BCUT2D eigenvalue weighted by molar-refractivity contribution is 5.93. The second-order valence-corrected chi connectivity index (χ2v) is 4.55. The van der Waals surface area contributed by atoms with Gasteiger partial charge in [-0.15, -0.1) is 0 Å². The fraction of sp³-hybridized carbons (Fsp3) is 0.533. The number of aryl methyl sites for hydroxylation is 1. The summed E-state index contributed by atoms with van der Waals surface area (Å²) in [4.78, 5) is 11.9. The molecule has 1 amide bonds. The summed E-state index contributed by atoms with van der Waals surface area (Å²) in [7, 11) is 0. The van der Waals surface area contributed by atoms with E-state index in [1.807, 2.05) is 45.9 Å². The Balaban J connectivity index is 2.78. The van der Waals surface area contributed by atoms with Gasteiger partial charge in [0.1, 0.15) is 5.75 Å². The third-order valence-corrected chi connectivity index (χ3v) is 2.95. The van der Waals surface area contributed by atoms with Crippen LogP contribution in [0.25, 0.3) is 0 Å². The predicted molar refractivity (Wildman–Crippen MR) is 76.4 cm³/mol. The van der Waals surface area contributed by atoms with E-state index in [2.05, 4.69) is 5.32 Å². The number of ether oxygens (including phenoxy) is 2. The van der Waals surface area contributed by atoms with E-state index in [0.717, 1.165) is 12.0 Å². The van der Waals surface area contributed by atoms with Gasteiger partial charge in [-0.25, -0.2) is 0 Å². The van der Waals surface area contributed by atoms with Gasteiger partial charge in [-0.1, -0.05) is 19.9 Å². The van der Waals surface area contributed by atoms with E-state index in [1.165, 1.54) is 0 Å². The summed E-state index contributed by atoms with van der Waals surface area (Å²) in [6, 6.07) is 5.70. The Morgan fingerprint density at radius 3 is 2.74 bits per heavy atom. The number of nitrogens with one attached hydrogen (secondary N) is 1. The molecule has 0 aliphatic heterocycles. The summed E-state index contributed by atoms with van der Waals surface area (Å²) in [5.41, 5.74) is 1.77. The summed E-state index contributed by atoms with van der Waals surface area (Å²) < 4.78 is 10.7. The van der Waals surface area contributed by atoms with Crippen LogP contribution in [0.5, 0.6) is 5.75 Å². The maximum absolute atomic E-state index is 11.9. The van der Waals surface area contributed by atoms with Gasteiger partial charge in [0.15, 0.2) is 6.79 Å². The number of carbonyl (C=O) groups is 1. The zero-order valence-corrected chi connectivity index (χ0v) is 12.2. The van der Waals surface area contributed by atoms with Gasteiger partial charge >= 0.3 is 0 Å². The van der Waals surface area contributed by atoms with Crippen LogP contribution in [-0.2, 0) is 9.53 Å². The lowest BCUT2D eigenvalue weighted by molar-refractivity contribution is -0.119. The van der Waals surface area contributed by atoms with Gasteiger partial charge in [-0.3, -0.25) is 4.79 Å². The van der Waals surface area contributed by atoms with Gasteiger partial charge in [0, 0.05) is 12.5 Å². The lowest BCUT2D eigenvalue weighted by Gasteiger charge is -2.15. The molecule has 1 aromatic rings. The standard InChI is InChI=1S/C15H23NO3/c1-5-12(4)15(17)16-13-9-11(3)7-8-14(13)19-10-18-6-2/h7-9,12H,5-6,10H2,1-4H3,(H,16,17). The van der Waals surface area contributed by atoms with Crippen LogP contribution in [0.2, 0.25) is 0 Å². The van der Waals surface area contributed by atoms with Crippen molar-refractivity contribution >= 4 is 11.6 Å². The van der Waals surface area contributed by atoms with E-state index in [0.29, 0.717) is 18.0 Å². The molecule has 0 aliphatic carbocycles. The molecule has 0 spiro atoms. The molecule has 1 aromatic carbocycles. The SMILES string of the molecule is CCOCOc1ccc(C)cc1NC(=O)C(C)CC. The molecule has 0 bridgehead atoms. The van der Waals surface area contributed by atoms with E-state index >= 15 is 0 Å². The number of anilines is 1. The molecule has 4 heteroatoms. The van der Waals surface area contributed by atoms with Crippen LogP contribution < -0.4 is 10.1 Å². The topological polar surface area (TPSA) is 47.6 Å². The van der Waals surface area contributed by atoms with Crippen LogP contribution in [0, 0.1) is 12.8 Å². The first-order chi connectivity index (χ1) is 9.08. The molecule has 19 heavy (non-hydrogen) atoms. The van der Waals surface area contributed by atoms with Crippen LogP contribution >= 0.6 is 0 Å². The zero-order chi connectivity index (χ0) is 14.3. The lowest BCUT2D eigenvalue weighted by Crippen LogP contribution is -2.20. The van der Waals surface area contributed by atoms with Crippen LogP contribution in [0.1, 0.15) is 32.8 Å². The molecule has 106 valence electrons. The molecule has 4 nitrogen and oxygen atoms in total. The van der Waals surface area contributed by atoms with Crippen molar-refractivity contribution in [3.8, 4) is 5.75 Å². The maximum Gasteiger partial charge on any atom is 0.227 e. The average molecular weight is 265 g/mol. The number of rotatable bonds is 7. The largest absolute Gasteiger partial charge is 0.465 e. The van der Waals surface area contributed by atoms with Crippen molar-refractivity contribution in [1.29, 1.82) is 0 Å². The van der Waals surface area contributed by atoms with Gasteiger partial charge < -0.3 is 14.8 Å². The minimum Gasteiger partial charge on any atom is -0.465 e. The Kier molecular flexibility index (Phi) is 6.36. The first kappa shape index (κ1) is 15.5. The maximum atomic E-state index is 11.9. The predicted octanol–water partition coefficient (Wildman–Crippen LogP) is 3.35. The van der Waals surface area contributed by atoms with E-state index in [-0.39, 0.29) is 18.6 Å². The molecule has 1 N–H and O–H groups in total. The van der Waals surface area contributed by atoms with Gasteiger partial charge in [-0.05, 0) is 38.0 Å². The quantitative estimate of drug-likeness (QED) is 0.607. The second-order valence-electron chi connectivity index (χ2n) is 4.55. The molecule has 1 atom stereocenters. The third kappa shape index (κ3) is 4.91. The molecule has 1 unspecified atom stereocenters. The Morgan fingerprint density at radius 2 is 2.11 bits per heavy atom. The van der Waals surface area contributed by atoms with Crippen LogP contribution in [-0.4, -0.2) is 19.3 Å². The van der Waals surface area contributed by atoms with Gasteiger partial charge in [0.05, 0.1) is 5.69 Å². The first-order valence-electron chi connectivity index (χ1n) is 6.70. The molecule has 0 heterocycles. The van der Waals surface area contributed by atoms with Crippen molar-refractivity contribution in [3.63, 3.8) is 0 Å². The van der Waals surface area contributed by atoms with E-state index in [9.17, 15) is 4.79 Å². The van der Waals surface area contributed by atoms with Crippen LogP contribution in [0.15, 0.2) is 18.2 Å². The van der Waals surface area contributed by atoms with E-state index < -0.39 is 0 Å². The molecule has 1 rings (SSSR count). The molecule has 0 saturated heterocycles. The van der Waals surface area contributed by atoms with Crippen molar-refractivity contribution in [2.24, 2.45) is 5.92 Å². The second kappa shape index (κ2) is 7.79. The number of hydrogen-bond donors (Lipinski definition) is 1. The number of amides is 1. The highest BCUT2D eigenvalue weighted by Crippen LogP contribution is 2.26. The molecule has 0 saturated carbocycles. The average Bonchev–Trinajstić information content (AvgIpc) is 2.40. The molecule has 0 aliphatic rings. The van der Waals surface area contributed by atoms with E-state index in [4.69, 9.17) is 9.47 Å². The minimum atomic E-state index is -0.0137. The fourth-order valence-electron chi connectivity index (χ4n) is 1.50. The summed E-state index contributed by atoms with van der Waals surface area (Å²) in [5.74, 6) is 0.630. The smallest absolute Gasteiger partial charge is 0.227 e. The molecular formula is C15H23NO3. The minimum absolute atomic E-state index is 0.00867. The fourth-order valence-corrected chi connectivity index (χ4v) is 1.50. The van der Waals surface area contributed by atoms with Crippen molar-refractivity contribution in [3.05, 3.63) is 23.8 Å². The van der Waals surface area contributed by atoms with Gasteiger partial charge in [-0.2, -0.15) is 0 Å². The van der Waals surface area contributed by atoms with Gasteiger partial charge in [0.2, 0.25) is 5.91 Å². The molecular weight excluding hydrogens is 242 g/mol. The number of carbonyl (C=O) groups excluding carboxylic acids is 1. The Labute approximate surface area is 115 Å². The van der Waals surface area contributed by atoms with Gasteiger partial charge in [0.25, 0.3) is 0 Å². The number of benzene rings is 1. The molecule has 0 aromatic heterocycles. The van der Waals surface area contributed by atoms with Crippen LogP contribution in [0.3, 0.4) is 0 Å². The lowest BCUT2D eigenvalue weighted by atomic mass is 10.1. The Hall–Kier alpha value is -1.55. The zero-order valence-electron chi connectivity index (χ0n) is 12.2. The van der Waals surface area contributed by atoms with Crippen molar-refractivity contribution in [2.75, 3.05) is 18.7 Å². The van der Waals surface area contributed by atoms with E-state index in [1.54, 1.807) is 0 Å². The normalized spacial score (nSPS) is 12.0. The summed E-state index contributed by atoms with van der Waals surface area (Å²) in [6.45, 7) is 8.57.